The molecule has 0 spiro atoms. The van der Waals surface area contributed by atoms with Crippen LogP contribution in [0.1, 0.15) is 31.7 Å². The van der Waals surface area contributed by atoms with E-state index in [9.17, 15) is 14.0 Å². The van der Waals surface area contributed by atoms with E-state index in [4.69, 9.17) is 0 Å². The van der Waals surface area contributed by atoms with Crippen LogP contribution in [0.4, 0.5) is 10.1 Å². The molecule has 2 atom stereocenters. The van der Waals surface area contributed by atoms with Gasteiger partial charge in [-0.2, -0.15) is 0 Å². The van der Waals surface area contributed by atoms with Crippen molar-refractivity contribution in [2.75, 3.05) is 44.6 Å². The summed E-state index contributed by atoms with van der Waals surface area (Å²) in [6.45, 7) is 7.89. The van der Waals surface area contributed by atoms with E-state index in [-0.39, 0.29) is 30.2 Å². The van der Waals surface area contributed by atoms with E-state index in [0.717, 1.165) is 32.6 Å². The van der Waals surface area contributed by atoms with Gasteiger partial charge in [-0.15, -0.1) is 0 Å². The first-order chi connectivity index (χ1) is 15.5. The van der Waals surface area contributed by atoms with Crippen molar-refractivity contribution in [2.45, 2.75) is 32.2 Å². The molecule has 1 heterocycles. The Morgan fingerprint density at radius 2 is 1.66 bits per heavy atom. The molecule has 0 radical (unpaired) electrons. The van der Waals surface area contributed by atoms with Crippen LogP contribution in [-0.2, 0) is 9.59 Å². The molecule has 2 aromatic carbocycles. The predicted molar refractivity (Wildman–Crippen MR) is 125 cm³/mol. The second kappa shape index (κ2) is 11.7. The van der Waals surface area contributed by atoms with E-state index in [1.54, 1.807) is 12.1 Å². The lowest BCUT2D eigenvalue weighted by molar-refractivity contribution is -0.127. The minimum absolute atomic E-state index is 0.0434. The molecule has 2 aromatic rings. The van der Waals surface area contributed by atoms with Crippen molar-refractivity contribution in [1.82, 2.24) is 15.1 Å². The standard InChI is InChI=1S/C25H33FN4O2/c1-3-20(21-7-5-4-6-8-21)17-27-25(32)19(2)30-15-13-29(14-16-30)18-24(31)28-23-11-9-22(26)10-12-23/h4-12,19-20H,3,13-18H2,1-2H3,(H,27,32)(H,28,31)/t19-,20-/m0/s1. The maximum Gasteiger partial charge on any atom is 0.238 e. The van der Waals surface area contributed by atoms with Crippen LogP contribution in [0.3, 0.4) is 0 Å². The van der Waals surface area contributed by atoms with Gasteiger partial charge >= 0.3 is 0 Å². The normalized spacial score (nSPS) is 16.8. The Labute approximate surface area is 189 Å². The Hall–Kier alpha value is -2.77. The van der Waals surface area contributed by atoms with Crippen LogP contribution in [0.5, 0.6) is 0 Å². The molecule has 2 amide bonds. The summed E-state index contributed by atoms with van der Waals surface area (Å²) in [5.74, 6) is -0.101. The van der Waals surface area contributed by atoms with Crippen molar-refractivity contribution in [3.63, 3.8) is 0 Å². The minimum atomic E-state index is -0.331. The van der Waals surface area contributed by atoms with Crippen molar-refractivity contribution in [2.24, 2.45) is 0 Å². The summed E-state index contributed by atoms with van der Waals surface area (Å²) >= 11 is 0. The molecule has 2 N–H and O–H groups in total. The van der Waals surface area contributed by atoms with E-state index in [2.05, 4.69) is 39.5 Å². The van der Waals surface area contributed by atoms with Gasteiger partial charge in [0.2, 0.25) is 11.8 Å². The number of rotatable bonds is 9. The van der Waals surface area contributed by atoms with Gasteiger partial charge in [-0.25, -0.2) is 4.39 Å². The summed E-state index contributed by atoms with van der Waals surface area (Å²) < 4.78 is 13.0. The number of nitrogens with zero attached hydrogens (tertiary/aromatic N) is 2. The lowest BCUT2D eigenvalue weighted by Gasteiger charge is -2.37. The maximum absolute atomic E-state index is 13.0. The monoisotopic (exact) mass is 440 g/mol. The highest BCUT2D eigenvalue weighted by atomic mass is 19.1. The SMILES string of the molecule is CC[C@@H](CNC(=O)[C@H](C)N1CCN(CC(=O)Nc2ccc(F)cc2)CC1)c1ccccc1. The average molecular weight is 441 g/mol. The molecule has 32 heavy (non-hydrogen) atoms. The van der Waals surface area contributed by atoms with Gasteiger partial charge in [-0.05, 0) is 43.2 Å². The molecule has 6 nitrogen and oxygen atoms in total. The molecule has 0 bridgehead atoms. The number of amides is 2. The Balaban J connectivity index is 1.40. The molecule has 0 saturated carbocycles. The van der Waals surface area contributed by atoms with Crippen LogP contribution < -0.4 is 10.6 Å². The molecule has 1 saturated heterocycles. The first kappa shape index (κ1) is 23.9. The fraction of sp³-hybridized carbons (Fsp3) is 0.440. The Bertz CT molecular complexity index is 867. The molecule has 7 heteroatoms. The van der Waals surface area contributed by atoms with Crippen molar-refractivity contribution in [1.29, 1.82) is 0 Å². The molecule has 0 aromatic heterocycles. The van der Waals surface area contributed by atoms with Gasteiger partial charge in [-0.3, -0.25) is 19.4 Å². The van der Waals surface area contributed by atoms with E-state index in [0.29, 0.717) is 18.2 Å². The summed E-state index contributed by atoms with van der Waals surface area (Å²) in [5.41, 5.74) is 1.83. The van der Waals surface area contributed by atoms with Crippen LogP contribution in [0.15, 0.2) is 54.6 Å². The van der Waals surface area contributed by atoms with Crippen molar-refractivity contribution < 1.29 is 14.0 Å². The number of carbonyl (C=O) groups is 2. The summed E-state index contributed by atoms with van der Waals surface area (Å²) in [5, 5.41) is 5.91. The van der Waals surface area contributed by atoms with Gasteiger partial charge in [-0.1, -0.05) is 37.3 Å². The fourth-order valence-electron chi connectivity index (χ4n) is 4.01. The Kier molecular flexibility index (Phi) is 8.76. The van der Waals surface area contributed by atoms with Gasteiger partial charge < -0.3 is 10.6 Å². The molecule has 172 valence electrons. The second-order valence-electron chi connectivity index (χ2n) is 8.30. The third-order valence-corrected chi connectivity index (χ3v) is 6.12. The first-order valence-corrected chi connectivity index (χ1v) is 11.3. The second-order valence-corrected chi connectivity index (χ2v) is 8.30. The number of hydrogen-bond donors (Lipinski definition) is 2. The third-order valence-electron chi connectivity index (χ3n) is 6.12. The maximum atomic E-state index is 13.0. The summed E-state index contributed by atoms with van der Waals surface area (Å²) in [4.78, 5) is 29.2. The van der Waals surface area contributed by atoms with E-state index < -0.39 is 0 Å². The van der Waals surface area contributed by atoms with Crippen LogP contribution in [0.2, 0.25) is 0 Å². The smallest absolute Gasteiger partial charge is 0.238 e. The van der Waals surface area contributed by atoms with Crippen molar-refractivity contribution >= 4 is 17.5 Å². The van der Waals surface area contributed by atoms with Gasteiger partial charge in [0, 0.05) is 44.3 Å². The van der Waals surface area contributed by atoms with Crippen molar-refractivity contribution in [3.8, 4) is 0 Å². The highest BCUT2D eigenvalue weighted by Gasteiger charge is 2.26. The molecule has 1 aliphatic heterocycles. The summed E-state index contributed by atoms with van der Waals surface area (Å²) in [6.07, 6.45) is 0.970. The number of halogens is 1. The van der Waals surface area contributed by atoms with E-state index in [1.165, 1.54) is 17.7 Å². The zero-order valence-electron chi connectivity index (χ0n) is 18.9. The zero-order chi connectivity index (χ0) is 22.9. The van der Waals surface area contributed by atoms with Crippen LogP contribution in [0.25, 0.3) is 0 Å². The van der Waals surface area contributed by atoms with Gasteiger partial charge in [0.15, 0.2) is 0 Å². The Morgan fingerprint density at radius 1 is 1.00 bits per heavy atom. The molecular formula is C25H33FN4O2. The van der Waals surface area contributed by atoms with Crippen LogP contribution >= 0.6 is 0 Å². The third kappa shape index (κ3) is 6.87. The first-order valence-electron chi connectivity index (χ1n) is 11.3. The number of carbonyl (C=O) groups excluding carboxylic acids is 2. The molecular weight excluding hydrogens is 407 g/mol. The highest BCUT2D eigenvalue weighted by Crippen LogP contribution is 2.18. The van der Waals surface area contributed by atoms with Crippen molar-refractivity contribution in [3.05, 3.63) is 66.0 Å². The van der Waals surface area contributed by atoms with E-state index in [1.807, 2.05) is 25.1 Å². The topological polar surface area (TPSA) is 64.7 Å². The number of benzene rings is 2. The Morgan fingerprint density at radius 3 is 2.28 bits per heavy atom. The molecule has 0 unspecified atom stereocenters. The number of nitrogens with one attached hydrogen (secondary N) is 2. The highest BCUT2D eigenvalue weighted by molar-refractivity contribution is 5.92. The van der Waals surface area contributed by atoms with Gasteiger partial charge in [0.05, 0.1) is 12.6 Å². The molecule has 0 aliphatic carbocycles. The molecule has 1 fully saturated rings. The number of anilines is 1. The zero-order valence-corrected chi connectivity index (χ0v) is 18.9. The lowest BCUT2D eigenvalue weighted by atomic mass is 9.96. The van der Waals surface area contributed by atoms with Gasteiger partial charge in [0.1, 0.15) is 5.82 Å². The quantitative estimate of drug-likeness (QED) is 0.629. The minimum Gasteiger partial charge on any atom is -0.354 e. The molecule has 1 aliphatic rings. The van der Waals surface area contributed by atoms with Gasteiger partial charge in [0.25, 0.3) is 0 Å². The largest absolute Gasteiger partial charge is 0.354 e. The summed E-state index contributed by atoms with van der Waals surface area (Å²) in [6, 6.07) is 15.8. The fourth-order valence-corrected chi connectivity index (χ4v) is 4.01. The van der Waals surface area contributed by atoms with Crippen LogP contribution in [-0.4, -0.2) is 66.9 Å². The number of hydrogen-bond acceptors (Lipinski definition) is 4. The summed E-state index contributed by atoms with van der Waals surface area (Å²) in [7, 11) is 0. The van der Waals surface area contributed by atoms with E-state index >= 15 is 0 Å². The average Bonchev–Trinajstić information content (AvgIpc) is 2.81. The predicted octanol–water partition coefficient (Wildman–Crippen LogP) is 3.08. The lowest BCUT2D eigenvalue weighted by Crippen LogP contribution is -2.55. The van der Waals surface area contributed by atoms with Crippen LogP contribution in [0, 0.1) is 5.82 Å². The number of piperazine rings is 1. The molecule has 3 rings (SSSR count).